The second-order valence-electron chi connectivity index (χ2n) is 5.13. The Morgan fingerprint density at radius 1 is 1.39 bits per heavy atom. The van der Waals surface area contributed by atoms with Crippen LogP contribution in [-0.2, 0) is 17.7 Å². The van der Waals surface area contributed by atoms with Gasteiger partial charge in [0.2, 0.25) is 5.89 Å². The van der Waals surface area contributed by atoms with E-state index in [1.54, 1.807) is 0 Å². The Morgan fingerprint density at radius 2 is 2.22 bits per heavy atom. The van der Waals surface area contributed by atoms with Crippen LogP contribution in [0.1, 0.15) is 45.3 Å². The summed E-state index contributed by atoms with van der Waals surface area (Å²) in [5, 5.41) is 4.02. The number of aryl methyl sites for hydroxylation is 1. The molecule has 1 aliphatic heterocycles. The van der Waals surface area contributed by atoms with Crippen molar-refractivity contribution in [1.82, 2.24) is 15.0 Å². The Labute approximate surface area is 108 Å². The van der Waals surface area contributed by atoms with Crippen LogP contribution in [0.4, 0.5) is 0 Å². The average Bonchev–Trinajstić information content (AvgIpc) is 2.79. The summed E-state index contributed by atoms with van der Waals surface area (Å²) in [5.74, 6) is 1.56. The van der Waals surface area contributed by atoms with Gasteiger partial charge in [0, 0.05) is 19.0 Å². The van der Waals surface area contributed by atoms with E-state index in [-0.39, 0.29) is 6.10 Å². The first-order valence-corrected chi connectivity index (χ1v) is 6.86. The van der Waals surface area contributed by atoms with Crippen LogP contribution in [-0.4, -0.2) is 40.3 Å². The van der Waals surface area contributed by atoms with Gasteiger partial charge in [0.15, 0.2) is 5.82 Å². The Balaban J connectivity index is 1.89. The Kier molecular flexibility index (Phi) is 4.72. The van der Waals surface area contributed by atoms with Gasteiger partial charge in [0.05, 0.1) is 19.3 Å². The smallest absolute Gasteiger partial charge is 0.240 e. The lowest BCUT2D eigenvalue weighted by atomic mass is 10.2. The molecule has 1 aromatic heterocycles. The van der Waals surface area contributed by atoms with E-state index in [1.165, 1.54) is 0 Å². The zero-order chi connectivity index (χ0) is 13.0. The maximum absolute atomic E-state index is 5.61. The van der Waals surface area contributed by atoms with E-state index >= 15 is 0 Å². The highest BCUT2D eigenvalue weighted by molar-refractivity contribution is 4.88. The van der Waals surface area contributed by atoms with Crippen LogP contribution in [0.3, 0.4) is 0 Å². The number of hydrogen-bond donors (Lipinski definition) is 0. The van der Waals surface area contributed by atoms with E-state index in [0.29, 0.717) is 6.04 Å². The molecule has 1 aromatic rings. The summed E-state index contributed by atoms with van der Waals surface area (Å²) in [7, 11) is 0. The van der Waals surface area contributed by atoms with Gasteiger partial charge in [0.1, 0.15) is 0 Å². The lowest BCUT2D eigenvalue weighted by Gasteiger charge is -2.35. The predicted molar refractivity (Wildman–Crippen MR) is 68.2 cm³/mol. The minimum absolute atomic E-state index is 0.281. The van der Waals surface area contributed by atoms with Crippen molar-refractivity contribution in [1.29, 1.82) is 0 Å². The van der Waals surface area contributed by atoms with Gasteiger partial charge in [-0.25, -0.2) is 0 Å². The third-order valence-corrected chi connectivity index (χ3v) is 3.34. The minimum atomic E-state index is 0.281. The first-order chi connectivity index (χ1) is 8.69. The van der Waals surface area contributed by atoms with Gasteiger partial charge in [-0.3, -0.25) is 4.90 Å². The SMILES string of the molecule is CCCCc1noc(CN2CC(C)OCC2C)n1. The first kappa shape index (κ1) is 13.5. The molecule has 0 bridgehead atoms. The minimum Gasteiger partial charge on any atom is -0.376 e. The molecular weight excluding hydrogens is 230 g/mol. The van der Waals surface area contributed by atoms with Crippen molar-refractivity contribution in [2.24, 2.45) is 0 Å². The highest BCUT2D eigenvalue weighted by Crippen LogP contribution is 2.14. The van der Waals surface area contributed by atoms with E-state index in [4.69, 9.17) is 9.26 Å². The second kappa shape index (κ2) is 6.29. The van der Waals surface area contributed by atoms with Crippen molar-refractivity contribution >= 4 is 0 Å². The van der Waals surface area contributed by atoms with E-state index in [0.717, 1.165) is 50.7 Å². The van der Waals surface area contributed by atoms with Gasteiger partial charge >= 0.3 is 0 Å². The molecule has 102 valence electrons. The van der Waals surface area contributed by atoms with Gasteiger partial charge in [-0.05, 0) is 20.3 Å². The number of aromatic nitrogens is 2. The third kappa shape index (κ3) is 3.53. The molecule has 0 N–H and O–H groups in total. The molecule has 2 heterocycles. The summed E-state index contributed by atoms with van der Waals surface area (Å²) in [4.78, 5) is 6.78. The first-order valence-electron chi connectivity index (χ1n) is 6.86. The summed E-state index contributed by atoms with van der Waals surface area (Å²) in [6.07, 6.45) is 3.46. The fraction of sp³-hybridized carbons (Fsp3) is 0.846. The molecule has 2 atom stereocenters. The van der Waals surface area contributed by atoms with Crippen molar-refractivity contribution in [2.45, 2.75) is 58.7 Å². The monoisotopic (exact) mass is 253 g/mol. The number of unbranched alkanes of at least 4 members (excludes halogenated alkanes) is 1. The fourth-order valence-corrected chi connectivity index (χ4v) is 2.16. The normalized spacial score (nSPS) is 25.5. The summed E-state index contributed by atoms with van der Waals surface area (Å²) in [6.45, 7) is 8.86. The molecule has 0 aromatic carbocycles. The number of hydrogen-bond acceptors (Lipinski definition) is 5. The maximum atomic E-state index is 5.61. The van der Waals surface area contributed by atoms with E-state index in [9.17, 15) is 0 Å². The molecule has 2 unspecified atom stereocenters. The van der Waals surface area contributed by atoms with Crippen LogP contribution in [0.2, 0.25) is 0 Å². The van der Waals surface area contributed by atoms with Crippen LogP contribution in [0.5, 0.6) is 0 Å². The van der Waals surface area contributed by atoms with Crippen LogP contribution in [0, 0.1) is 0 Å². The van der Waals surface area contributed by atoms with Crippen LogP contribution < -0.4 is 0 Å². The van der Waals surface area contributed by atoms with Gasteiger partial charge in [0.25, 0.3) is 0 Å². The number of ether oxygens (including phenoxy) is 1. The quantitative estimate of drug-likeness (QED) is 0.803. The molecule has 1 fully saturated rings. The summed E-state index contributed by atoms with van der Waals surface area (Å²) in [5.41, 5.74) is 0. The van der Waals surface area contributed by atoms with E-state index < -0.39 is 0 Å². The number of morpholine rings is 1. The lowest BCUT2D eigenvalue weighted by Crippen LogP contribution is -2.46. The van der Waals surface area contributed by atoms with Crippen molar-refractivity contribution in [3.63, 3.8) is 0 Å². The fourth-order valence-electron chi connectivity index (χ4n) is 2.16. The molecule has 5 nitrogen and oxygen atoms in total. The summed E-state index contributed by atoms with van der Waals surface area (Å²) in [6, 6.07) is 0.409. The molecule has 0 spiro atoms. The second-order valence-corrected chi connectivity index (χ2v) is 5.13. The molecule has 2 rings (SSSR count). The Bertz CT molecular complexity index is 367. The standard InChI is InChI=1S/C13H23N3O2/c1-4-5-6-12-14-13(18-15-12)8-16-7-11(3)17-9-10(16)2/h10-11H,4-9H2,1-3H3. The van der Waals surface area contributed by atoms with Crippen molar-refractivity contribution < 1.29 is 9.26 Å². The van der Waals surface area contributed by atoms with Gasteiger partial charge in [-0.2, -0.15) is 4.98 Å². The largest absolute Gasteiger partial charge is 0.376 e. The van der Waals surface area contributed by atoms with E-state index in [1.807, 2.05) is 0 Å². The molecule has 0 aliphatic carbocycles. The highest BCUT2D eigenvalue weighted by Gasteiger charge is 2.25. The maximum Gasteiger partial charge on any atom is 0.240 e. The molecule has 18 heavy (non-hydrogen) atoms. The molecule has 0 amide bonds. The zero-order valence-corrected chi connectivity index (χ0v) is 11.6. The highest BCUT2D eigenvalue weighted by atomic mass is 16.5. The predicted octanol–water partition coefficient (Wildman–Crippen LogP) is 2.02. The molecule has 1 aliphatic rings. The van der Waals surface area contributed by atoms with Crippen LogP contribution in [0.25, 0.3) is 0 Å². The van der Waals surface area contributed by atoms with Gasteiger partial charge < -0.3 is 9.26 Å². The van der Waals surface area contributed by atoms with E-state index in [2.05, 4.69) is 35.8 Å². The Hall–Kier alpha value is -0.940. The molecule has 0 radical (unpaired) electrons. The Morgan fingerprint density at radius 3 is 3.00 bits per heavy atom. The van der Waals surface area contributed by atoms with Gasteiger partial charge in [-0.15, -0.1) is 0 Å². The van der Waals surface area contributed by atoms with Crippen molar-refractivity contribution in [2.75, 3.05) is 13.2 Å². The lowest BCUT2D eigenvalue weighted by molar-refractivity contribution is -0.0555. The zero-order valence-electron chi connectivity index (χ0n) is 11.6. The number of nitrogens with zero attached hydrogens (tertiary/aromatic N) is 3. The van der Waals surface area contributed by atoms with Crippen molar-refractivity contribution in [3.05, 3.63) is 11.7 Å². The number of rotatable bonds is 5. The van der Waals surface area contributed by atoms with Crippen LogP contribution in [0.15, 0.2) is 4.52 Å². The summed E-state index contributed by atoms with van der Waals surface area (Å²) < 4.78 is 10.9. The molecule has 1 saturated heterocycles. The third-order valence-electron chi connectivity index (χ3n) is 3.34. The van der Waals surface area contributed by atoms with Crippen LogP contribution >= 0.6 is 0 Å². The topological polar surface area (TPSA) is 51.4 Å². The molecular formula is C13H23N3O2. The summed E-state index contributed by atoms with van der Waals surface area (Å²) >= 11 is 0. The van der Waals surface area contributed by atoms with Gasteiger partial charge in [-0.1, -0.05) is 18.5 Å². The average molecular weight is 253 g/mol. The van der Waals surface area contributed by atoms with Crippen molar-refractivity contribution in [3.8, 4) is 0 Å². The molecule has 0 saturated carbocycles. The molecule has 5 heteroatoms.